The number of carbonyl (C=O) groups excluding carboxylic acids is 1. The number of piperidine rings is 1. The van der Waals surface area contributed by atoms with Crippen LogP contribution in [-0.2, 0) is 16.1 Å². The number of benzene rings is 1. The first kappa shape index (κ1) is 22.7. The first-order valence-electron chi connectivity index (χ1n) is 11.3. The predicted octanol–water partition coefficient (Wildman–Crippen LogP) is 2.52. The van der Waals surface area contributed by atoms with Crippen LogP contribution in [0.5, 0.6) is 0 Å². The zero-order valence-electron chi connectivity index (χ0n) is 18.6. The van der Waals surface area contributed by atoms with Crippen LogP contribution in [0.3, 0.4) is 0 Å². The maximum absolute atomic E-state index is 12.2. The largest absolute Gasteiger partial charge is 0.392 e. The normalized spacial score (nSPS) is 17.2. The van der Waals surface area contributed by atoms with Gasteiger partial charge in [-0.05, 0) is 44.1 Å². The Balaban J connectivity index is 1.37. The number of nitrogens with one attached hydrogen (secondary N) is 2. The van der Waals surface area contributed by atoms with Gasteiger partial charge in [-0.3, -0.25) is 9.48 Å². The van der Waals surface area contributed by atoms with Crippen LogP contribution in [0.1, 0.15) is 24.4 Å². The molecule has 5 rings (SSSR count). The Morgan fingerprint density at radius 3 is 2.91 bits per heavy atom. The summed E-state index contributed by atoms with van der Waals surface area (Å²) in [4.78, 5) is 22.8. The topological polar surface area (TPSA) is 117 Å². The number of aliphatic hydroxyl groups is 1. The average Bonchev–Trinajstić information content (AvgIpc) is 3.36. The number of aliphatic hydroxyl groups excluding tert-OH is 1. The van der Waals surface area contributed by atoms with Crippen LogP contribution in [-0.4, -0.2) is 63.6 Å². The molecule has 3 aromatic rings. The monoisotopic (exact) mass is 483 g/mol. The lowest BCUT2D eigenvalue weighted by molar-refractivity contribution is -0.125. The Morgan fingerprint density at radius 1 is 1.26 bits per heavy atom. The number of rotatable bonds is 6. The van der Waals surface area contributed by atoms with E-state index in [1.165, 1.54) is 0 Å². The van der Waals surface area contributed by atoms with Gasteiger partial charge >= 0.3 is 0 Å². The van der Waals surface area contributed by atoms with Crippen molar-refractivity contribution in [1.82, 2.24) is 25.1 Å². The van der Waals surface area contributed by atoms with Crippen LogP contribution in [0, 0.1) is 0 Å². The molecule has 1 aromatic carbocycles. The third kappa shape index (κ3) is 4.76. The number of morpholine rings is 1. The van der Waals surface area contributed by atoms with Gasteiger partial charge in [0.05, 0.1) is 42.4 Å². The minimum atomic E-state index is -0.210. The Kier molecular flexibility index (Phi) is 6.73. The third-order valence-electron chi connectivity index (χ3n) is 6.08. The molecule has 0 bridgehead atoms. The van der Waals surface area contributed by atoms with Crippen molar-refractivity contribution in [3.8, 4) is 11.3 Å². The highest BCUT2D eigenvalue weighted by molar-refractivity contribution is 6.32. The average molecular weight is 484 g/mol. The molecule has 2 aromatic heterocycles. The maximum atomic E-state index is 12.2. The van der Waals surface area contributed by atoms with Crippen LogP contribution in [0.4, 0.5) is 17.3 Å². The molecule has 0 radical (unpaired) electrons. The summed E-state index contributed by atoms with van der Waals surface area (Å²) < 4.78 is 7.19. The number of amides is 1. The third-order valence-corrected chi connectivity index (χ3v) is 6.36. The van der Waals surface area contributed by atoms with Gasteiger partial charge in [0.15, 0.2) is 0 Å². The van der Waals surface area contributed by atoms with Gasteiger partial charge in [-0.1, -0.05) is 11.6 Å². The van der Waals surface area contributed by atoms with E-state index in [1.807, 2.05) is 16.9 Å². The van der Waals surface area contributed by atoms with Crippen LogP contribution >= 0.6 is 11.6 Å². The second-order valence-electron chi connectivity index (χ2n) is 8.30. The van der Waals surface area contributed by atoms with Gasteiger partial charge in [0.2, 0.25) is 5.95 Å². The maximum Gasteiger partial charge on any atom is 0.253 e. The first-order valence-corrected chi connectivity index (χ1v) is 11.7. The molecule has 2 aliphatic heterocycles. The van der Waals surface area contributed by atoms with Crippen LogP contribution in [0.15, 0.2) is 36.8 Å². The fourth-order valence-electron chi connectivity index (χ4n) is 4.32. The summed E-state index contributed by atoms with van der Waals surface area (Å²) >= 11 is 6.42. The van der Waals surface area contributed by atoms with E-state index in [4.69, 9.17) is 16.3 Å². The molecule has 0 spiro atoms. The molecule has 2 saturated heterocycles. The van der Waals surface area contributed by atoms with Crippen LogP contribution < -0.4 is 15.5 Å². The fraction of sp³-hybridized carbons (Fsp3) is 0.391. The Bertz CT molecular complexity index is 1180. The highest BCUT2D eigenvalue weighted by Gasteiger charge is 2.23. The molecular formula is C23H26ClN7O3. The van der Waals surface area contributed by atoms with Crippen molar-refractivity contribution in [2.45, 2.75) is 25.5 Å². The smallest absolute Gasteiger partial charge is 0.253 e. The molecule has 34 heavy (non-hydrogen) atoms. The quantitative estimate of drug-likeness (QED) is 0.489. The number of hydrogen-bond donors (Lipinski definition) is 3. The molecule has 4 heterocycles. The first-order chi connectivity index (χ1) is 16.6. The minimum Gasteiger partial charge on any atom is -0.392 e. The van der Waals surface area contributed by atoms with Gasteiger partial charge in [0, 0.05) is 35.2 Å². The van der Waals surface area contributed by atoms with E-state index in [2.05, 4.69) is 25.7 Å². The summed E-state index contributed by atoms with van der Waals surface area (Å²) in [6.45, 7) is 2.71. The lowest BCUT2D eigenvalue weighted by Crippen LogP contribution is -2.42. The second kappa shape index (κ2) is 10.1. The van der Waals surface area contributed by atoms with E-state index in [-0.39, 0.29) is 19.1 Å². The highest BCUT2D eigenvalue weighted by atomic mass is 35.5. The molecule has 2 fully saturated rings. The zero-order chi connectivity index (χ0) is 23.5. The Morgan fingerprint density at radius 2 is 2.12 bits per heavy atom. The summed E-state index contributed by atoms with van der Waals surface area (Å²) in [5, 5.41) is 21.4. The van der Waals surface area contributed by atoms with Crippen molar-refractivity contribution in [2.24, 2.45) is 0 Å². The van der Waals surface area contributed by atoms with Crippen molar-refractivity contribution >= 4 is 34.8 Å². The molecule has 3 N–H and O–H groups in total. The summed E-state index contributed by atoms with van der Waals surface area (Å²) in [6.07, 6.45) is 7.38. The highest BCUT2D eigenvalue weighted by Crippen LogP contribution is 2.30. The SMILES string of the molecule is O=C1COCCN1c1ccc(Nc2ncc(Cl)c(-c3cnn(C4CCNCC4)c3)n2)cc1CO. The molecule has 2 aliphatic rings. The van der Waals surface area contributed by atoms with Crippen molar-refractivity contribution in [1.29, 1.82) is 0 Å². The van der Waals surface area contributed by atoms with E-state index in [0.717, 1.165) is 31.5 Å². The van der Waals surface area contributed by atoms with Gasteiger partial charge in [0.25, 0.3) is 5.91 Å². The number of nitrogens with zero attached hydrogens (tertiary/aromatic N) is 5. The van der Waals surface area contributed by atoms with Gasteiger partial charge in [0.1, 0.15) is 6.61 Å². The Hall–Kier alpha value is -3.05. The number of carbonyl (C=O) groups is 1. The van der Waals surface area contributed by atoms with E-state index < -0.39 is 0 Å². The number of hydrogen-bond acceptors (Lipinski definition) is 8. The van der Waals surface area contributed by atoms with Gasteiger partial charge in [-0.15, -0.1) is 0 Å². The lowest BCUT2D eigenvalue weighted by atomic mass is 10.1. The zero-order valence-corrected chi connectivity index (χ0v) is 19.3. The van der Waals surface area contributed by atoms with Crippen molar-refractivity contribution in [2.75, 3.05) is 43.1 Å². The minimum absolute atomic E-state index is 0.0421. The summed E-state index contributed by atoms with van der Waals surface area (Å²) in [5.41, 5.74) is 3.40. The predicted molar refractivity (Wildman–Crippen MR) is 128 cm³/mol. The van der Waals surface area contributed by atoms with Gasteiger partial charge < -0.3 is 25.4 Å². The van der Waals surface area contributed by atoms with Crippen LogP contribution in [0.25, 0.3) is 11.3 Å². The number of halogens is 1. The summed E-state index contributed by atoms with van der Waals surface area (Å²) in [5.74, 6) is 0.241. The van der Waals surface area contributed by atoms with E-state index in [9.17, 15) is 9.90 Å². The van der Waals surface area contributed by atoms with Crippen LogP contribution in [0.2, 0.25) is 5.02 Å². The summed E-state index contributed by atoms with van der Waals surface area (Å²) in [6, 6.07) is 5.77. The second-order valence-corrected chi connectivity index (χ2v) is 8.71. The number of anilines is 3. The molecule has 0 saturated carbocycles. The molecule has 1 amide bonds. The standard InChI is InChI=1S/C23H26ClN7O3/c24-19-11-26-23(29-22(19)16-10-27-31(12-16)18-3-5-25-6-4-18)28-17-1-2-20(15(9-17)13-32)30-7-8-34-14-21(30)33/h1-2,9-12,18,25,32H,3-8,13-14H2,(H,26,28,29). The van der Waals surface area contributed by atoms with Crippen molar-refractivity contribution in [3.05, 3.63) is 47.4 Å². The fourth-order valence-corrected chi connectivity index (χ4v) is 4.52. The summed E-state index contributed by atoms with van der Waals surface area (Å²) in [7, 11) is 0. The van der Waals surface area contributed by atoms with E-state index >= 15 is 0 Å². The van der Waals surface area contributed by atoms with E-state index in [0.29, 0.717) is 52.8 Å². The molecule has 11 heteroatoms. The number of ether oxygens (including phenoxy) is 1. The van der Waals surface area contributed by atoms with E-state index in [1.54, 1.807) is 29.4 Å². The molecule has 178 valence electrons. The van der Waals surface area contributed by atoms with Crippen molar-refractivity contribution in [3.63, 3.8) is 0 Å². The Labute approximate surface area is 201 Å². The van der Waals surface area contributed by atoms with Gasteiger partial charge in [-0.25, -0.2) is 9.97 Å². The molecule has 0 aliphatic carbocycles. The molecule has 0 atom stereocenters. The number of aromatic nitrogens is 4. The van der Waals surface area contributed by atoms with Gasteiger partial charge in [-0.2, -0.15) is 5.10 Å². The molecular weight excluding hydrogens is 458 g/mol. The molecule has 10 nitrogen and oxygen atoms in total. The van der Waals surface area contributed by atoms with Crippen molar-refractivity contribution < 1.29 is 14.6 Å². The molecule has 0 unspecified atom stereocenters. The lowest BCUT2D eigenvalue weighted by Gasteiger charge is -2.28.